The van der Waals surface area contributed by atoms with Crippen LogP contribution >= 0.6 is 11.6 Å². The first-order valence-corrected chi connectivity index (χ1v) is 4.67. The lowest BCUT2D eigenvalue weighted by atomic mass is 10.1. The lowest BCUT2D eigenvalue weighted by Gasteiger charge is -2.11. The number of benzene rings is 1. The Balaban J connectivity index is 3.29. The van der Waals surface area contributed by atoms with Crippen LogP contribution in [0, 0.1) is 6.92 Å². The minimum atomic E-state index is -0.532. The third-order valence-corrected chi connectivity index (χ3v) is 2.31. The second kappa shape index (κ2) is 4.33. The zero-order chi connectivity index (χ0) is 10.7. The quantitative estimate of drug-likeness (QED) is 0.837. The highest BCUT2D eigenvalue weighted by molar-refractivity contribution is 6.33. The lowest BCUT2D eigenvalue weighted by molar-refractivity contribution is 0.0996. The molecule has 0 aliphatic rings. The third kappa shape index (κ3) is 1.99. The second-order valence-electron chi connectivity index (χ2n) is 2.87. The predicted octanol–water partition coefficient (Wildman–Crippen LogP) is 2.15. The predicted molar refractivity (Wildman–Crippen MR) is 55.9 cm³/mol. The van der Waals surface area contributed by atoms with Crippen molar-refractivity contribution in [2.24, 2.45) is 5.73 Å². The monoisotopic (exact) mass is 213 g/mol. The van der Waals surface area contributed by atoms with Gasteiger partial charge in [0.1, 0.15) is 0 Å². The van der Waals surface area contributed by atoms with E-state index in [1.165, 1.54) is 0 Å². The summed E-state index contributed by atoms with van der Waals surface area (Å²) >= 11 is 5.99. The van der Waals surface area contributed by atoms with Crippen LogP contribution in [0.5, 0.6) is 5.75 Å². The number of hydrogen-bond acceptors (Lipinski definition) is 2. The fourth-order valence-electron chi connectivity index (χ4n) is 1.13. The molecule has 0 unspecified atom stereocenters. The Hall–Kier alpha value is -1.22. The molecule has 3 nitrogen and oxygen atoms in total. The standard InChI is InChI=1S/C10H12ClNO2/c1-3-14-9-7(10(12)13)5-4-6(2)8(9)11/h4-5H,3H2,1-2H3,(H2,12,13). The number of halogens is 1. The molecule has 0 saturated carbocycles. The molecule has 0 radical (unpaired) electrons. The summed E-state index contributed by atoms with van der Waals surface area (Å²) in [6.45, 7) is 4.11. The SMILES string of the molecule is CCOc1c(C(N)=O)ccc(C)c1Cl. The van der Waals surface area contributed by atoms with Gasteiger partial charge < -0.3 is 10.5 Å². The van der Waals surface area contributed by atoms with Gasteiger partial charge in [0.15, 0.2) is 5.75 Å². The molecule has 0 spiro atoms. The highest BCUT2D eigenvalue weighted by atomic mass is 35.5. The van der Waals surface area contributed by atoms with E-state index in [0.29, 0.717) is 22.9 Å². The second-order valence-corrected chi connectivity index (χ2v) is 3.25. The zero-order valence-electron chi connectivity index (χ0n) is 8.13. The molecule has 1 rings (SSSR count). The topological polar surface area (TPSA) is 52.3 Å². The number of nitrogens with two attached hydrogens (primary N) is 1. The van der Waals surface area contributed by atoms with Gasteiger partial charge in [-0.1, -0.05) is 17.7 Å². The highest BCUT2D eigenvalue weighted by Gasteiger charge is 2.14. The molecular formula is C10H12ClNO2. The van der Waals surface area contributed by atoms with Crippen LogP contribution in [-0.2, 0) is 0 Å². The Morgan fingerprint density at radius 2 is 2.21 bits per heavy atom. The largest absolute Gasteiger partial charge is 0.491 e. The molecule has 1 amide bonds. The number of hydrogen-bond donors (Lipinski definition) is 1. The minimum Gasteiger partial charge on any atom is -0.491 e. The Morgan fingerprint density at radius 1 is 1.57 bits per heavy atom. The summed E-state index contributed by atoms with van der Waals surface area (Å²) in [5, 5.41) is 0.447. The average Bonchev–Trinajstić information content (AvgIpc) is 2.13. The molecule has 1 aromatic rings. The maximum Gasteiger partial charge on any atom is 0.252 e. The molecule has 1 aromatic carbocycles. The van der Waals surface area contributed by atoms with Crippen LogP contribution in [0.25, 0.3) is 0 Å². The van der Waals surface area contributed by atoms with Gasteiger partial charge in [-0.25, -0.2) is 0 Å². The maximum absolute atomic E-state index is 11.0. The van der Waals surface area contributed by atoms with Gasteiger partial charge in [-0.05, 0) is 25.5 Å². The number of primary amides is 1. The first-order valence-electron chi connectivity index (χ1n) is 4.29. The van der Waals surface area contributed by atoms with Gasteiger partial charge in [0, 0.05) is 0 Å². The Kier molecular flexibility index (Phi) is 3.36. The van der Waals surface area contributed by atoms with Crippen molar-refractivity contribution in [2.45, 2.75) is 13.8 Å². The van der Waals surface area contributed by atoms with Gasteiger partial charge in [-0.15, -0.1) is 0 Å². The summed E-state index contributed by atoms with van der Waals surface area (Å²) in [6, 6.07) is 3.36. The highest BCUT2D eigenvalue weighted by Crippen LogP contribution is 2.31. The summed E-state index contributed by atoms with van der Waals surface area (Å²) in [5.74, 6) is -0.156. The summed E-state index contributed by atoms with van der Waals surface area (Å²) < 4.78 is 5.28. The van der Waals surface area contributed by atoms with Crippen LogP contribution in [0.1, 0.15) is 22.8 Å². The molecular weight excluding hydrogens is 202 g/mol. The summed E-state index contributed by atoms with van der Waals surface area (Å²) in [7, 11) is 0. The van der Waals surface area contributed by atoms with E-state index in [-0.39, 0.29) is 0 Å². The van der Waals surface area contributed by atoms with Crippen molar-refractivity contribution in [3.05, 3.63) is 28.3 Å². The molecule has 0 fully saturated rings. The maximum atomic E-state index is 11.0. The van der Waals surface area contributed by atoms with Crippen LogP contribution in [0.4, 0.5) is 0 Å². The van der Waals surface area contributed by atoms with E-state index >= 15 is 0 Å². The van der Waals surface area contributed by atoms with Gasteiger partial charge in [0.05, 0.1) is 17.2 Å². The number of carbonyl (C=O) groups is 1. The van der Waals surface area contributed by atoms with Gasteiger partial charge in [-0.2, -0.15) is 0 Å². The number of carbonyl (C=O) groups excluding carboxylic acids is 1. The number of ether oxygens (including phenoxy) is 1. The van der Waals surface area contributed by atoms with Gasteiger partial charge >= 0.3 is 0 Å². The Morgan fingerprint density at radius 3 is 2.71 bits per heavy atom. The van der Waals surface area contributed by atoms with Crippen LogP contribution in [0.3, 0.4) is 0 Å². The van der Waals surface area contributed by atoms with Crippen molar-refractivity contribution >= 4 is 17.5 Å². The molecule has 76 valence electrons. The van der Waals surface area contributed by atoms with Crippen molar-refractivity contribution in [3.63, 3.8) is 0 Å². The molecule has 0 atom stereocenters. The molecule has 0 aliphatic heterocycles. The van der Waals surface area contributed by atoms with E-state index in [9.17, 15) is 4.79 Å². The fraction of sp³-hybridized carbons (Fsp3) is 0.300. The van der Waals surface area contributed by atoms with E-state index in [1.807, 2.05) is 13.8 Å². The Bertz CT molecular complexity index is 363. The lowest BCUT2D eigenvalue weighted by Crippen LogP contribution is -2.13. The van der Waals surface area contributed by atoms with Crippen molar-refractivity contribution in [2.75, 3.05) is 6.61 Å². The van der Waals surface area contributed by atoms with Crippen LogP contribution in [-0.4, -0.2) is 12.5 Å². The number of amides is 1. The number of aryl methyl sites for hydroxylation is 1. The van der Waals surface area contributed by atoms with Gasteiger partial charge in [0.25, 0.3) is 5.91 Å². The van der Waals surface area contributed by atoms with Crippen LogP contribution in [0.2, 0.25) is 5.02 Å². The van der Waals surface area contributed by atoms with E-state index in [0.717, 1.165) is 5.56 Å². The van der Waals surface area contributed by atoms with Crippen LogP contribution in [0.15, 0.2) is 12.1 Å². The average molecular weight is 214 g/mol. The van der Waals surface area contributed by atoms with Crippen LogP contribution < -0.4 is 10.5 Å². The summed E-state index contributed by atoms with van der Waals surface area (Å²) in [5.41, 5.74) is 6.37. The first-order chi connectivity index (χ1) is 6.57. The van der Waals surface area contributed by atoms with Gasteiger partial charge in [0.2, 0.25) is 0 Å². The van der Waals surface area contributed by atoms with E-state index in [4.69, 9.17) is 22.1 Å². The van der Waals surface area contributed by atoms with Crippen molar-refractivity contribution in [3.8, 4) is 5.75 Å². The van der Waals surface area contributed by atoms with E-state index < -0.39 is 5.91 Å². The van der Waals surface area contributed by atoms with Gasteiger partial charge in [-0.3, -0.25) is 4.79 Å². The smallest absolute Gasteiger partial charge is 0.252 e. The molecule has 14 heavy (non-hydrogen) atoms. The molecule has 0 bridgehead atoms. The summed E-state index contributed by atoms with van der Waals surface area (Å²) in [6.07, 6.45) is 0. The molecule has 0 heterocycles. The fourth-order valence-corrected chi connectivity index (χ4v) is 1.35. The number of rotatable bonds is 3. The molecule has 4 heteroatoms. The molecule has 2 N–H and O–H groups in total. The first kappa shape index (κ1) is 10.9. The molecule has 0 aromatic heterocycles. The van der Waals surface area contributed by atoms with Crippen molar-refractivity contribution in [1.29, 1.82) is 0 Å². The minimum absolute atomic E-state index is 0.322. The van der Waals surface area contributed by atoms with E-state index in [2.05, 4.69) is 0 Å². The molecule has 0 saturated heterocycles. The zero-order valence-corrected chi connectivity index (χ0v) is 8.89. The summed E-state index contributed by atoms with van der Waals surface area (Å²) in [4.78, 5) is 11.0. The normalized spacial score (nSPS) is 9.93. The van der Waals surface area contributed by atoms with E-state index in [1.54, 1.807) is 12.1 Å². The third-order valence-electron chi connectivity index (χ3n) is 1.84. The Labute approximate surface area is 87.8 Å². The van der Waals surface area contributed by atoms with Crippen molar-refractivity contribution < 1.29 is 9.53 Å². The molecule has 0 aliphatic carbocycles. The van der Waals surface area contributed by atoms with Crippen molar-refractivity contribution in [1.82, 2.24) is 0 Å².